The number of thiol groups is 1. The Balaban J connectivity index is 2.05. The van der Waals surface area contributed by atoms with Crippen LogP contribution in [0.2, 0.25) is 0 Å². The monoisotopic (exact) mass is 236 g/mol. The van der Waals surface area contributed by atoms with Gasteiger partial charge in [0.2, 0.25) is 5.91 Å². The molecule has 2 rings (SSSR count). The lowest BCUT2D eigenvalue weighted by molar-refractivity contribution is -0.129. The summed E-state index contributed by atoms with van der Waals surface area (Å²) >= 11 is 4.45. The Morgan fingerprint density at radius 3 is 2.38 bits per heavy atom. The van der Waals surface area contributed by atoms with Crippen molar-refractivity contribution < 1.29 is 4.79 Å². The van der Waals surface area contributed by atoms with E-state index in [0.717, 1.165) is 36.8 Å². The number of rotatable bonds is 1. The van der Waals surface area contributed by atoms with Crippen LogP contribution in [0.4, 0.5) is 5.69 Å². The summed E-state index contributed by atoms with van der Waals surface area (Å²) in [4.78, 5) is 16.4. The fourth-order valence-corrected chi connectivity index (χ4v) is 2.30. The van der Waals surface area contributed by atoms with Crippen molar-refractivity contribution in [1.29, 1.82) is 0 Å². The summed E-state index contributed by atoms with van der Waals surface area (Å²) in [5, 5.41) is 0. The third kappa shape index (κ3) is 2.32. The van der Waals surface area contributed by atoms with E-state index in [0.29, 0.717) is 0 Å². The summed E-state index contributed by atoms with van der Waals surface area (Å²) in [6.07, 6.45) is 0. The maximum Gasteiger partial charge on any atom is 0.219 e. The molecule has 4 heteroatoms. The van der Waals surface area contributed by atoms with Crippen molar-refractivity contribution in [3.8, 4) is 0 Å². The molecule has 0 bridgehead atoms. The number of anilines is 1. The summed E-state index contributed by atoms with van der Waals surface area (Å²) in [6.45, 7) is 5.01. The molecule has 0 aliphatic carbocycles. The number of piperazine rings is 1. The Labute approximate surface area is 101 Å². The fourth-order valence-electron chi connectivity index (χ4n) is 1.99. The van der Waals surface area contributed by atoms with Crippen molar-refractivity contribution in [2.24, 2.45) is 0 Å². The smallest absolute Gasteiger partial charge is 0.219 e. The molecule has 1 aliphatic heterocycles. The first kappa shape index (κ1) is 11.3. The first-order valence-corrected chi connectivity index (χ1v) is 5.91. The van der Waals surface area contributed by atoms with E-state index in [4.69, 9.17) is 0 Å². The zero-order valence-electron chi connectivity index (χ0n) is 9.39. The van der Waals surface area contributed by atoms with Crippen LogP contribution in [0.1, 0.15) is 6.92 Å². The number of hydrogen-bond donors (Lipinski definition) is 1. The lowest BCUT2D eigenvalue weighted by atomic mass is 10.2. The molecule has 1 aliphatic rings. The van der Waals surface area contributed by atoms with Crippen LogP contribution in [0.3, 0.4) is 0 Å². The fraction of sp³-hybridized carbons (Fsp3) is 0.417. The summed E-state index contributed by atoms with van der Waals surface area (Å²) < 4.78 is 0. The van der Waals surface area contributed by atoms with Gasteiger partial charge in [-0.2, -0.15) is 0 Å². The predicted octanol–water partition coefficient (Wildman–Crippen LogP) is 1.64. The zero-order valence-corrected chi connectivity index (χ0v) is 10.3. The molecule has 0 saturated carbocycles. The maximum atomic E-state index is 11.2. The third-order valence-corrected chi connectivity index (χ3v) is 3.33. The van der Waals surface area contributed by atoms with Gasteiger partial charge in [0.25, 0.3) is 0 Å². The Bertz CT molecular complexity index is 386. The Hall–Kier alpha value is -1.16. The number of para-hydroxylation sites is 1. The molecule has 0 radical (unpaired) electrons. The third-order valence-electron chi connectivity index (χ3n) is 2.95. The van der Waals surface area contributed by atoms with Gasteiger partial charge in [-0.05, 0) is 12.1 Å². The van der Waals surface area contributed by atoms with Gasteiger partial charge in [-0.3, -0.25) is 4.79 Å². The number of nitrogens with zero attached hydrogens (tertiary/aromatic N) is 2. The molecule has 0 spiro atoms. The van der Waals surface area contributed by atoms with Crippen molar-refractivity contribution in [2.75, 3.05) is 31.1 Å². The molecule has 1 aromatic rings. The van der Waals surface area contributed by atoms with E-state index in [-0.39, 0.29) is 5.91 Å². The lowest BCUT2D eigenvalue weighted by Crippen LogP contribution is -2.48. The lowest BCUT2D eigenvalue weighted by Gasteiger charge is -2.36. The van der Waals surface area contributed by atoms with Crippen LogP contribution in [-0.2, 0) is 4.79 Å². The van der Waals surface area contributed by atoms with Crippen molar-refractivity contribution in [2.45, 2.75) is 11.8 Å². The minimum atomic E-state index is 0.166. The SMILES string of the molecule is CC(=O)N1CCN(c2ccccc2S)CC1. The van der Waals surface area contributed by atoms with E-state index < -0.39 is 0 Å². The molecule has 1 amide bonds. The summed E-state index contributed by atoms with van der Waals surface area (Å²) in [7, 11) is 0. The molecule has 1 aromatic carbocycles. The number of benzene rings is 1. The summed E-state index contributed by atoms with van der Waals surface area (Å²) in [6, 6.07) is 8.08. The summed E-state index contributed by atoms with van der Waals surface area (Å²) in [5.74, 6) is 0.166. The normalized spacial score (nSPS) is 16.4. The highest BCUT2D eigenvalue weighted by Gasteiger charge is 2.19. The van der Waals surface area contributed by atoms with Gasteiger partial charge >= 0.3 is 0 Å². The first-order chi connectivity index (χ1) is 7.68. The molecule has 0 unspecified atom stereocenters. The molecule has 0 N–H and O–H groups in total. The minimum absolute atomic E-state index is 0.166. The zero-order chi connectivity index (χ0) is 11.5. The topological polar surface area (TPSA) is 23.6 Å². The molecule has 3 nitrogen and oxygen atoms in total. The molecule has 0 atom stereocenters. The second-order valence-electron chi connectivity index (χ2n) is 3.98. The van der Waals surface area contributed by atoms with Gasteiger partial charge in [-0.15, -0.1) is 12.6 Å². The van der Waals surface area contributed by atoms with Gasteiger partial charge in [0.05, 0.1) is 5.69 Å². The largest absolute Gasteiger partial charge is 0.367 e. The number of amides is 1. The molecule has 16 heavy (non-hydrogen) atoms. The van der Waals surface area contributed by atoms with Crippen LogP contribution in [0, 0.1) is 0 Å². The van der Waals surface area contributed by atoms with E-state index in [9.17, 15) is 4.79 Å². The first-order valence-electron chi connectivity index (χ1n) is 5.47. The maximum absolute atomic E-state index is 11.2. The molecule has 1 fully saturated rings. The van der Waals surface area contributed by atoms with Crippen molar-refractivity contribution in [3.05, 3.63) is 24.3 Å². The molecular formula is C12H16N2OS. The average molecular weight is 236 g/mol. The van der Waals surface area contributed by atoms with Gasteiger partial charge in [0.15, 0.2) is 0 Å². The highest BCUT2D eigenvalue weighted by molar-refractivity contribution is 7.80. The Kier molecular flexibility index (Phi) is 3.39. The van der Waals surface area contributed by atoms with Crippen LogP contribution in [-0.4, -0.2) is 37.0 Å². The van der Waals surface area contributed by atoms with Gasteiger partial charge in [0.1, 0.15) is 0 Å². The highest BCUT2D eigenvalue weighted by Crippen LogP contribution is 2.24. The number of carbonyl (C=O) groups excluding carboxylic acids is 1. The van der Waals surface area contributed by atoms with Crippen molar-refractivity contribution in [3.63, 3.8) is 0 Å². The van der Waals surface area contributed by atoms with Crippen LogP contribution in [0.15, 0.2) is 29.2 Å². The van der Waals surface area contributed by atoms with Crippen molar-refractivity contribution >= 4 is 24.2 Å². The molecule has 0 aromatic heterocycles. The number of hydrogen-bond acceptors (Lipinski definition) is 3. The highest BCUT2D eigenvalue weighted by atomic mass is 32.1. The summed E-state index contributed by atoms with van der Waals surface area (Å²) in [5.41, 5.74) is 1.16. The van der Waals surface area contributed by atoms with E-state index in [1.165, 1.54) is 0 Å². The van der Waals surface area contributed by atoms with Crippen LogP contribution >= 0.6 is 12.6 Å². The van der Waals surface area contributed by atoms with Crippen LogP contribution in [0.25, 0.3) is 0 Å². The van der Waals surface area contributed by atoms with Crippen molar-refractivity contribution in [1.82, 2.24) is 4.90 Å². The Morgan fingerprint density at radius 1 is 1.19 bits per heavy atom. The second kappa shape index (κ2) is 4.78. The minimum Gasteiger partial charge on any atom is -0.367 e. The van der Waals surface area contributed by atoms with Gasteiger partial charge in [-0.25, -0.2) is 0 Å². The van der Waals surface area contributed by atoms with E-state index >= 15 is 0 Å². The van der Waals surface area contributed by atoms with E-state index in [1.807, 2.05) is 23.1 Å². The van der Waals surface area contributed by atoms with E-state index in [2.05, 4.69) is 23.6 Å². The quantitative estimate of drug-likeness (QED) is 0.749. The standard InChI is InChI=1S/C12H16N2OS/c1-10(15)13-6-8-14(9-7-13)11-4-2-3-5-12(11)16/h2-5,16H,6-9H2,1H3. The molecule has 1 heterocycles. The molecule has 86 valence electrons. The Morgan fingerprint density at radius 2 is 1.81 bits per heavy atom. The van der Waals surface area contributed by atoms with Gasteiger partial charge in [0, 0.05) is 38.0 Å². The van der Waals surface area contributed by atoms with E-state index in [1.54, 1.807) is 6.92 Å². The van der Waals surface area contributed by atoms with Gasteiger partial charge in [-0.1, -0.05) is 12.1 Å². The second-order valence-corrected chi connectivity index (χ2v) is 4.46. The molecular weight excluding hydrogens is 220 g/mol. The molecule has 1 saturated heterocycles. The van der Waals surface area contributed by atoms with Crippen LogP contribution in [0.5, 0.6) is 0 Å². The number of carbonyl (C=O) groups is 1. The predicted molar refractivity (Wildman–Crippen MR) is 68.2 cm³/mol. The average Bonchev–Trinajstić information content (AvgIpc) is 2.30. The van der Waals surface area contributed by atoms with Gasteiger partial charge < -0.3 is 9.80 Å². The van der Waals surface area contributed by atoms with Crippen LogP contribution < -0.4 is 4.90 Å².